The summed E-state index contributed by atoms with van der Waals surface area (Å²) >= 11 is 4.62. The van der Waals surface area contributed by atoms with Gasteiger partial charge in [0.2, 0.25) is 0 Å². The number of rotatable bonds is 0. The first kappa shape index (κ1) is 11.1. The van der Waals surface area contributed by atoms with Gasteiger partial charge in [0.25, 0.3) is 0 Å². The van der Waals surface area contributed by atoms with Crippen molar-refractivity contribution < 1.29 is 21.1 Å². The first-order valence-corrected chi connectivity index (χ1v) is 5.23. The standard InChI is InChI=1S/C10H18S.Pt.4H/c1-6-8-4-7(5-9(6)11)10(8,2)3;;;;;/h6-9,11H,4-5H2,1-3H3;;;;;. The average Bonchev–Trinajstić information content (AvgIpc) is 1.93. The Kier molecular flexibility index (Phi) is 3.07. The zero-order valence-electron chi connectivity index (χ0n) is 8.08. The quantitative estimate of drug-likeness (QED) is 0.620. The second-order valence-corrected chi connectivity index (χ2v) is 5.69. The molecule has 12 heavy (non-hydrogen) atoms. The fraction of sp³-hybridized carbons (Fsp3) is 1.00. The van der Waals surface area contributed by atoms with Gasteiger partial charge in [0.05, 0.1) is 0 Å². The van der Waals surface area contributed by atoms with E-state index in [-0.39, 0.29) is 21.1 Å². The van der Waals surface area contributed by atoms with Crippen LogP contribution in [0.5, 0.6) is 0 Å². The Morgan fingerprint density at radius 3 is 2.17 bits per heavy atom. The topological polar surface area (TPSA) is 0 Å². The molecule has 0 aromatic heterocycles. The molecule has 0 spiro atoms. The van der Waals surface area contributed by atoms with E-state index in [0.29, 0.717) is 10.7 Å². The molecular weight excluding hydrogens is 347 g/mol. The van der Waals surface area contributed by atoms with Crippen molar-refractivity contribution in [3.05, 3.63) is 0 Å². The molecular formula is C10H22PtS. The molecule has 78 valence electrons. The van der Waals surface area contributed by atoms with Crippen molar-refractivity contribution >= 4 is 12.6 Å². The van der Waals surface area contributed by atoms with Crippen molar-refractivity contribution in [3.8, 4) is 0 Å². The number of fused-ring (bicyclic) bond motifs is 2. The third kappa shape index (κ3) is 1.32. The molecule has 3 aliphatic carbocycles. The van der Waals surface area contributed by atoms with E-state index in [0.717, 1.165) is 17.8 Å². The predicted octanol–water partition coefficient (Wildman–Crippen LogP) is 1.91. The summed E-state index contributed by atoms with van der Waals surface area (Å²) < 4.78 is 0. The Bertz CT molecular complexity index is 179. The fourth-order valence-electron chi connectivity index (χ4n) is 3.12. The molecule has 0 N–H and O–H groups in total. The second kappa shape index (κ2) is 3.31. The Hall–Kier alpha value is 1.04. The normalized spacial score (nSPS) is 49.0. The number of hydrogen-bond donors (Lipinski definition) is 1. The Morgan fingerprint density at radius 2 is 1.83 bits per heavy atom. The van der Waals surface area contributed by atoms with Gasteiger partial charge in [-0.15, -0.1) is 0 Å². The van der Waals surface area contributed by atoms with Crippen LogP contribution in [0.4, 0.5) is 0 Å². The Labute approximate surface area is 95.6 Å². The van der Waals surface area contributed by atoms with E-state index in [2.05, 4.69) is 33.4 Å². The van der Waals surface area contributed by atoms with Gasteiger partial charge in [0.1, 0.15) is 0 Å². The van der Waals surface area contributed by atoms with Crippen LogP contribution in [0.1, 0.15) is 33.6 Å². The molecule has 3 saturated carbocycles. The Balaban J connectivity index is 0.000000720. The molecule has 0 aromatic carbocycles. The summed E-state index contributed by atoms with van der Waals surface area (Å²) in [6.45, 7) is 7.24. The predicted molar refractivity (Wildman–Crippen MR) is 57.5 cm³/mol. The second-order valence-electron chi connectivity index (χ2n) is 5.02. The first-order valence-electron chi connectivity index (χ1n) is 4.71. The molecule has 3 aliphatic rings. The van der Waals surface area contributed by atoms with E-state index in [9.17, 15) is 0 Å². The van der Waals surface area contributed by atoms with Gasteiger partial charge in [0.15, 0.2) is 0 Å². The minimum atomic E-state index is 0. The van der Waals surface area contributed by atoms with Crippen LogP contribution in [0, 0.1) is 23.2 Å². The van der Waals surface area contributed by atoms with E-state index in [1.54, 1.807) is 0 Å². The Morgan fingerprint density at radius 1 is 1.25 bits per heavy atom. The maximum absolute atomic E-state index is 4.62. The summed E-state index contributed by atoms with van der Waals surface area (Å²) in [6.07, 6.45) is 2.83. The van der Waals surface area contributed by atoms with E-state index in [4.69, 9.17) is 0 Å². The van der Waals surface area contributed by atoms with E-state index in [1.165, 1.54) is 12.8 Å². The van der Waals surface area contributed by atoms with Crippen LogP contribution in [0.2, 0.25) is 0 Å². The zero-order chi connectivity index (χ0) is 8.22. The summed E-state index contributed by atoms with van der Waals surface area (Å²) in [7, 11) is 0. The molecule has 0 nitrogen and oxygen atoms in total. The first-order chi connectivity index (χ1) is 5.03. The van der Waals surface area contributed by atoms with Gasteiger partial charge in [-0.1, -0.05) is 20.8 Å². The summed E-state index contributed by atoms with van der Waals surface area (Å²) in [5, 5.41) is 0.687. The molecule has 4 unspecified atom stereocenters. The molecule has 0 aliphatic heterocycles. The van der Waals surface area contributed by atoms with Gasteiger partial charge in [-0.2, -0.15) is 12.6 Å². The summed E-state index contributed by atoms with van der Waals surface area (Å²) in [5.74, 6) is 2.79. The van der Waals surface area contributed by atoms with Crippen LogP contribution in [-0.2, 0) is 21.1 Å². The van der Waals surface area contributed by atoms with Crippen LogP contribution < -0.4 is 0 Å². The maximum atomic E-state index is 4.62. The third-order valence-corrected chi connectivity index (χ3v) is 5.00. The van der Waals surface area contributed by atoms with Crippen LogP contribution in [0.25, 0.3) is 0 Å². The van der Waals surface area contributed by atoms with Gasteiger partial charge >= 0.3 is 21.1 Å². The van der Waals surface area contributed by atoms with Crippen molar-refractivity contribution in [1.29, 1.82) is 0 Å². The molecule has 0 amide bonds. The average molecular weight is 369 g/mol. The van der Waals surface area contributed by atoms with E-state index >= 15 is 0 Å². The summed E-state index contributed by atoms with van der Waals surface area (Å²) in [5.41, 5.74) is 0.638. The number of thiol groups is 1. The minimum absolute atomic E-state index is 0. The van der Waals surface area contributed by atoms with Gasteiger partial charge in [0, 0.05) is 5.25 Å². The van der Waals surface area contributed by atoms with Crippen LogP contribution >= 0.6 is 12.6 Å². The third-order valence-electron chi connectivity index (χ3n) is 4.31. The van der Waals surface area contributed by atoms with Crippen LogP contribution in [0.3, 0.4) is 0 Å². The van der Waals surface area contributed by atoms with Gasteiger partial charge in [-0.05, 0) is 36.0 Å². The molecule has 0 heterocycles. The molecule has 3 fully saturated rings. The van der Waals surface area contributed by atoms with Crippen molar-refractivity contribution in [3.63, 3.8) is 0 Å². The van der Waals surface area contributed by atoms with Gasteiger partial charge in [-0.3, -0.25) is 0 Å². The molecule has 0 saturated heterocycles. The van der Waals surface area contributed by atoms with Crippen molar-refractivity contribution in [2.75, 3.05) is 0 Å². The summed E-state index contributed by atoms with van der Waals surface area (Å²) in [6, 6.07) is 0. The van der Waals surface area contributed by atoms with Crippen molar-refractivity contribution in [1.82, 2.24) is 0 Å². The molecule has 0 radical (unpaired) electrons. The SMILES string of the molecule is CC1C(S)CC2CC1C2(C)C.[PtH4]. The monoisotopic (exact) mass is 369 g/mol. The van der Waals surface area contributed by atoms with E-state index in [1.807, 2.05) is 0 Å². The molecule has 3 rings (SSSR count). The molecule has 2 bridgehead atoms. The zero-order valence-corrected chi connectivity index (χ0v) is 11.9. The fourth-order valence-corrected chi connectivity index (χ4v) is 3.59. The number of hydrogen-bond acceptors (Lipinski definition) is 1. The van der Waals surface area contributed by atoms with Crippen LogP contribution in [0.15, 0.2) is 0 Å². The van der Waals surface area contributed by atoms with Gasteiger partial charge in [-0.25, -0.2) is 0 Å². The summed E-state index contributed by atoms with van der Waals surface area (Å²) in [4.78, 5) is 0. The van der Waals surface area contributed by atoms with Crippen LogP contribution in [-0.4, -0.2) is 5.25 Å². The van der Waals surface area contributed by atoms with Crippen molar-refractivity contribution in [2.45, 2.75) is 38.9 Å². The van der Waals surface area contributed by atoms with Gasteiger partial charge < -0.3 is 0 Å². The molecule has 0 aromatic rings. The molecule has 4 atom stereocenters. The van der Waals surface area contributed by atoms with Crippen molar-refractivity contribution in [2.24, 2.45) is 23.2 Å². The van der Waals surface area contributed by atoms with E-state index < -0.39 is 0 Å². The molecule has 2 heteroatoms.